The first-order valence-corrected chi connectivity index (χ1v) is 6.69. The number of hydrogen-bond acceptors (Lipinski definition) is 6. The molecular formula is C15H16N4O3. The Morgan fingerprint density at radius 1 is 1.14 bits per heavy atom. The topological polar surface area (TPSA) is 75.2 Å². The normalized spacial score (nSPS) is 10.7. The van der Waals surface area contributed by atoms with E-state index in [-0.39, 0.29) is 0 Å². The molecule has 0 atom stereocenters. The van der Waals surface area contributed by atoms with Gasteiger partial charge in [0.15, 0.2) is 0 Å². The van der Waals surface area contributed by atoms with Crippen molar-refractivity contribution in [2.75, 3.05) is 14.2 Å². The molecule has 0 saturated carbocycles. The van der Waals surface area contributed by atoms with Crippen LogP contribution in [-0.4, -0.2) is 34.1 Å². The van der Waals surface area contributed by atoms with Gasteiger partial charge >= 0.3 is 0 Å². The van der Waals surface area contributed by atoms with Gasteiger partial charge in [-0.25, -0.2) is 0 Å². The van der Waals surface area contributed by atoms with Crippen LogP contribution in [0.15, 0.2) is 28.8 Å². The lowest BCUT2D eigenvalue weighted by Gasteiger charge is -2.07. The minimum atomic E-state index is 0.413. The van der Waals surface area contributed by atoms with Gasteiger partial charge in [0.2, 0.25) is 5.82 Å². The van der Waals surface area contributed by atoms with Gasteiger partial charge in [-0.3, -0.25) is 4.68 Å². The van der Waals surface area contributed by atoms with Crippen molar-refractivity contribution in [2.24, 2.45) is 7.05 Å². The Hall–Kier alpha value is -2.83. The summed E-state index contributed by atoms with van der Waals surface area (Å²) >= 11 is 0. The van der Waals surface area contributed by atoms with Crippen molar-refractivity contribution >= 4 is 0 Å². The smallest absolute Gasteiger partial charge is 0.276 e. The SMILES string of the molecule is COc1ccc(-c2noc(-c3cc(C)nn3C)n2)c(OC)c1. The van der Waals surface area contributed by atoms with Gasteiger partial charge in [-0.1, -0.05) is 5.16 Å². The van der Waals surface area contributed by atoms with E-state index in [4.69, 9.17) is 14.0 Å². The number of methoxy groups -OCH3 is 2. The fourth-order valence-electron chi connectivity index (χ4n) is 2.23. The third kappa shape index (κ3) is 2.41. The molecule has 2 aromatic heterocycles. The van der Waals surface area contributed by atoms with E-state index in [1.807, 2.05) is 32.2 Å². The van der Waals surface area contributed by atoms with E-state index in [1.54, 1.807) is 25.0 Å². The predicted octanol–water partition coefficient (Wildman–Crippen LogP) is 2.46. The summed E-state index contributed by atoms with van der Waals surface area (Å²) in [6, 6.07) is 7.32. The molecule has 3 rings (SSSR count). The van der Waals surface area contributed by atoms with Crippen LogP contribution in [0.4, 0.5) is 0 Å². The molecule has 0 unspecified atom stereocenters. The second kappa shape index (κ2) is 5.51. The molecule has 7 heteroatoms. The first-order chi connectivity index (χ1) is 10.6. The van der Waals surface area contributed by atoms with Gasteiger partial charge in [0.05, 0.1) is 25.5 Å². The highest BCUT2D eigenvalue weighted by molar-refractivity contribution is 5.66. The summed E-state index contributed by atoms with van der Waals surface area (Å²) in [6.07, 6.45) is 0. The van der Waals surface area contributed by atoms with Gasteiger partial charge in [0.1, 0.15) is 17.2 Å². The highest BCUT2D eigenvalue weighted by atomic mass is 16.5. The number of nitrogens with zero attached hydrogens (tertiary/aromatic N) is 4. The largest absolute Gasteiger partial charge is 0.497 e. The monoisotopic (exact) mass is 300 g/mol. The Bertz CT molecular complexity index is 807. The Morgan fingerprint density at radius 3 is 2.59 bits per heavy atom. The van der Waals surface area contributed by atoms with E-state index < -0.39 is 0 Å². The molecule has 114 valence electrons. The van der Waals surface area contributed by atoms with Crippen molar-refractivity contribution in [1.82, 2.24) is 19.9 Å². The molecule has 0 aliphatic carbocycles. The van der Waals surface area contributed by atoms with Crippen LogP contribution in [0.25, 0.3) is 23.0 Å². The molecule has 1 aromatic carbocycles. The molecule has 0 fully saturated rings. The summed E-state index contributed by atoms with van der Waals surface area (Å²) in [5.41, 5.74) is 2.39. The van der Waals surface area contributed by atoms with Crippen molar-refractivity contribution in [3.05, 3.63) is 30.0 Å². The van der Waals surface area contributed by atoms with Crippen molar-refractivity contribution < 1.29 is 14.0 Å². The average molecular weight is 300 g/mol. The van der Waals surface area contributed by atoms with Gasteiger partial charge in [0, 0.05) is 13.1 Å². The number of ether oxygens (including phenoxy) is 2. The molecule has 3 aromatic rings. The lowest BCUT2D eigenvalue weighted by atomic mass is 10.2. The zero-order valence-corrected chi connectivity index (χ0v) is 12.8. The number of aryl methyl sites for hydroxylation is 2. The maximum atomic E-state index is 5.37. The van der Waals surface area contributed by atoms with Crippen molar-refractivity contribution in [1.29, 1.82) is 0 Å². The summed E-state index contributed by atoms with van der Waals surface area (Å²) in [5, 5.41) is 8.30. The Labute approximate surface area is 127 Å². The fraction of sp³-hybridized carbons (Fsp3) is 0.267. The average Bonchev–Trinajstić information content (AvgIpc) is 3.12. The number of rotatable bonds is 4. The summed E-state index contributed by atoms with van der Waals surface area (Å²) < 4.78 is 17.6. The van der Waals surface area contributed by atoms with Gasteiger partial charge in [-0.2, -0.15) is 10.1 Å². The van der Waals surface area contributed by atoms with Crippen LogP contribution < -0.4 is 9.47 Å². The second-order valence-electron chi connectivity index (χ2n) is 4.78. The minimum Gasteiger partial charge on any atom is -0.497 e. The first kappa shape index (κ1) is 14.1. The number of aromatic nitrogens is 4. The van der Waals surface area contributed by atoms with Crippen molar-refractivity contribution in [3.8, 4) is 34.5 Å². The van der Waals surface area contributed by atoms with Crippen LogP contribution in [0.5, 0.6) is 11.5 Å². The van der Waals surface area contributed by atoms with Crippen molar-refractivity contribution in [2.45, 2.75) is 6.92 Å². The summed E-state index contributed by atoms with van der Waals surface area (Å²) in [4.78, 5) is 4.43. The highest BCUT2D eigenvalue weighted by Gasteiger charge is 2.17. The van der Waals surface area contributed by atoms with Gasteiger partial charge in [-0.15, -0.1) is 0 Å². The third-order valence-corrected chi connectivity index (χ3v) is 3.30. The maximum absolute atomic E-state index is 5.37. The number of benzene rings is 1. The molecular weight excluding hydrogens is 284 g/mol. The van der Waals surface area contributed by atoms with Gasteiger partial charge < -0.3 is 14.0 Å². The molecule has 0 spiro atoms. The van der Waals surface area contributed by atoms with Crippen LogP contribution in [-0.2, 0) is 7.05 Å². The van der Waals surface area contributed by atoms with Crippen LogP contribution in [0.1, 0.15) is 5.69 Å². The molecule has 0 N–H and O–H groups in total. The quantitative estimate of drug-likeness (QED) is 0.736. The predicted molar refractivity (Wildman–Crippen MR) is 79.8 cm³/mol. The van der Waals surface area contributed by atoms with Crippen LogP contribution in [0.2, 0.25) is 0 Å². The van der Waals surface area contributed by atoms with Crippen LogP contribution in [0.3, 0.4) is 0 Å². The van der Waals surface area contributed by atoms with Gasteiger partial charge in [-0.05, 0) is 25.1 Å². The Balaban J connectivity index is 2.02. The first-order valence-electron chi connectivity index (χ1n) is 6.69. The number of hydrogen-bond donors (Lipinski definition) is 0. The van der Waals surface area contributed by atoms with Crippen LogP contribution in [0, 0.1) is 6.92 Å². The summed E-state index contributed by atoms with van der Waals surface area (Å²) in [6.45, 7) is 1.91. The molecule has 22 heavy (non-hydrogen) atoms. The lowest BCUT2D eigenvalue weighted by molar-refractivity contribution is 0.394. The second-order valence-corrected chi connectivity index (χ2v) is 4.78. The standard InChI is InChI=1S/C15H16N4O3/c1-9-7-12(19(2)17-9)15-16-14(18-22-15)11-6-5-10(20-3)8-13(11)21-4/h5-8H,1-4H3. The Kier molecular flexibility index (Phi) is 3.54. The third-order valence-electron chi connectivity index (χ3n) is 3.30. The van der Waals surface area contributed by atoms with E-state index >= 15 is 0 Å². The zero-order valence-electron chi connectivity index (χ0n) is 12.8. The maximum Gasteiger partial charge on any atom is 0.276 e. The summed E-state index contributed by atoms with van der Waals surface area (Å²) in [7, 11) is 5.02. The molecule has 0 amide bonds. The lowest BCUT2D eigenvalue weighted by Crippen LogP contribution is -1.94. The molecule has 0 radical (unpaired) electrons. The molecule has 2 heterocycles. The van der Waals surface area contributed by atoms with E-state index in [1.165, 1.54) is 0 Å². The van der Waals surface area contributed by atoms with E-state index in [2.05, 4.69) is 15.2 Å². The van der Waals surface area contributed by atoms with Crippen LogP contribution >= 0.6 is 0 Å². The highest BCUT2D eigenvalue weighted by Crippen LogP contribution is 2.32. The molecule has 0 saturated heterocycles. The minimum absolute atomic E-state index is 0.413. The zero-order chi connectivity index (χ0) is 15.7. The Morgan fingerprint density at radius 2 is 1.95 bits per heavy atom. The van der Waals surface area contributed by atoms with Crippen molar-refractivity contribution in [3.63, 3.8) is 0 Å². The van der Waals surface area contributed by atoms with E-state index in [9.17, 15) is 0 Å². The van der Waals surface area contributed by atoms with E-state index in [0.29, 0.717) is 23.2 Å². The van der Waals surface area contributed by atoms with E-state index in [0.717, 1.165) is 17.0 Å². The molecule has 0 bridgehead atoms. The fourth-order valence-corrected chi connectivity index (χ4v) is 2.23. The molecule has 0 aliphatic heterocycles. The molecule has 7 nitrogen and oxygen atoms in total. The van der Waals surface area contributed by atoms with Gasteiger partial charge in [0.25, 0.3) is 5.89 Å². The molecule has 0 aliphatic rings. The summed E-state index contributed by atoms with van der Waals surface area (Å²) in [5.74, 6) is 2.18.